The predicted molar refractivity (Wildman–Crippen MR) is 67.2 cm³/mol. The summed E-state index contributed by atoms with van der Waals surface area (Å²) in [6, 6.07) is 5.95. The van der Waals surface area contributed by atoms with Crippen molar-refractivity contribution < 1.29 is 9.90 Å². The van der Waals surface area contributed by atoms with Gasteiger partial charge in [0, 0.05) is 17.4 Å². The molecule has 4 heteroatoms. The second kappa shape index (κ2) is 4.59. The van der Waals surface area contributed by atoms with Crippen LogP contribution in [0, 0.1) is 13.8 Å². The lowest BCUT2D eigenvalue weighted by molar-refractivity contribution is 0.0940. The molecule has 3 N–H and O–H groups in total. The van der Waals surface area contributed by atoms with Gasteiger partial charge in [-0.3, -0.25) is 4.79 Å². The summed E-state index contributed by atoms with van der Waals surface area (Å²) in [6.45, 7) is 4.27. The average Bonchev–Trinajstić information content (AvgIpc) is 2.69. The van der Waals surface area contributed by atoms with E-state index in [1.807, 2.05) is 26.0 Å². The maximum absolute atomic E-state index is 11.7. The van der Waals surface area contributed by atoms with Crippen molar-refractivity contribution >= 4 is 16.8 Å². The number of hydrogen-bond donors (Lipinski definition) is 3. The zero-order valence-electron chi connectivity index (χ0n) is 10.0. The molecule has 1 amide bonds. The molecule has 0 aliphatic carbocycles. The Morgan fingerprint density at radius 2 is 2.12 bits per heavy atom. The first-order valence-electron chi connectivity index (χ1n) is 5.61. The zero-order chi connectivity index (χ0) is 12.4. The quantitative estimate of drug-likeness (QED) is 0.751. The number of aromatic nitrogens is 1. The number of fused-ring (bicyclic) bond motifs is 1. The molecule has 2 rings (SSSR count). The Bertz CT molecular complexity index is 558. The average molecular weight is 232 g/mol. The molecule has 4 nitrogen and oxygen atoms in total. The van der Waals surface area contributed by atoms with Gasteiger partial charge in [-0.05, 0) is 37.1 Å². The van der Waals surface area contributed by atoms with Crippen molar-refractivity contribution in [1.82, 2.24) is 10.3 Å². The van der Waals surface area contributed by atoms with E-state index in [1.54, 1.807) is 0 Å². The first-order chi connectivity index (χ1) is 8.11. The summed E-state index contributed by atoms with van der Waals surface area (Å²) >= 11 is 0. The lowest BCUT2D eigenvalue weighted by atomic mass is 10.1. The third kappa shape index (κ3) is 2.31. The first-order valence-corrected chi connectivity index (χ1v) is 5.61. The highest BCUT2D eigenvalue weighted by Gasteiger charge is 2.10. The van der Waals surface area contributed by atoms with Crippen LogP contribution in [-0.4, -0.2) is 29.1 Å². The highest BCUT2D eigenvalue weighted by Crippen LogP contribution is 2.21. The molecule has 17 heavy (non-hydrogen) atoms. The summed E-state index contributed by atoms with van der Waals surface area (Å²) in [6.07, 6.45) is 0. The molecule has 90 valence electrons. The maximum Gasteiger partial charge on any atom is 0.267 e. The van der Waals surface area contributed by atoms with Crippen molar-refractivity contribution in [3.8, 4) is 0 Å². The molecule has 0 atom stereocenters. The Labute approximate surface area is 99.7 Å². The molecule has 1 heterocycles. The summed E-state index contributed by atoms with van der Waals surface area (Å²) < 4.78 is 0. The number of amides is 1. The number of nitrogens with one attached hydrogen (secondary N) is 2. The number of H-pyrrole nitrogens is 1. The Morgan fingerprint density at radius 1 is 1.35 bits per heavy atom. The number of aliphatic hydroxyl groups excluding tert-OH is 1. The van der Waals surface area contributed by atoms with Crippen LogP contribution in [0.2, 0.25) is 0 Å². The lowest BCUT2D eigenvalue weighted by Gasteiger charge is -1.99. The SMILES string of the molecule is Cc1cc(C)c2cc(C(=O)NCCO)[nH]c2c1. The van der Waals surface area contributed by atoms with E-state index in [-0.39, 0.29) is 19.1 Å². The highest BCUT2D eigenvalue weighted by atomic mass is 16.3. The van der Waals surface area contributed by atoms with Crippen molar-refractivity contribution in [3.05, 3.63) is 35.0 Å². The van der Waals surface area contributed by atoms with Crippen LogP contribution in [0.4, 0.5) is 0 Å². The summed E-state index contributed by atoms with van der Waals surface area (Å²) in [5.74, 6) is -0.188. The second-order valence-corrected chi connectivity index (χ2v) is 4.21. The topological polar surface area (TPSA) is 65.1 Å². The minimum atomic E-state index is -0.188. The molecule has 0 radical (unpaired) electrons. The van der Waals surface area contributed by atoms with Crippen molar-refractivity contribution in [2.75, 3.05) is 13.2 Å². The molecule has 0 saturated carbocycles. The Hall–Kier alpha value is -1.81. The van der Waals surface area contributed by atoms with E-state index in [4.69, 9.17) is 5.11 Å². The van der Waals surface area contributed by atoms with E-state index in [2.05, 4.69) is 16.4 Å². The van der Waals surface area contributed by atoms with Crippen LogP contribution in [0.3, 0.4) is 0 Å². The molecule has 2 aromatic rings. The van der Waals surface area contributed by atoms with Gasteiger partial charge in [0.05, 0.1) is 6.61 Å². The normalized spacial score (nSPS) is 10.8. The number of aromatic amines is 1. The molecule has 0 bridgehead atoms. The first kappa shape index (κ1) is 11.7. The van der Waals surface area contributed by atoms with Gasteiger partial charge in [0.2, 0.25) is 0 Å². The fraction of sp³-hybridized carbons (Fsp3) is 0.308. The van der Waals surface area contributed by atoms with Crippen LogP contribution in [0.5, 0.6) is 0 Å². The van der Waals surface area contributed by atoms with Gasteiger partial charge in [-0.15, -0.1) is 0 Å². The number of aliphatic hydroxyl groups is 1. The number of hydrogen-bond acceptors (Lipinski definition) is 2. The number of rotatable bonds is 3. The predicted octanol–water partition coefficient (Wildman–Crippen LogP) is 1.51. The summed E-state index contributed by atoms with van der Waals surface area (Å²) in [5.41, 5.74) is 3.82. The van der Waals surface area contributed by atoms with Gasteiger partial charge in [0.25, 0.3) is 5.91 Å². The summed E-state index contributed by atoms with van der Waals surface area (Å²) in [5, 5.41) is 12.3. The minimum absolute atomic E-state index is 0.0515. The maximum atomic E-state index is 11.7. The van der Waals surface area contributed by atoms with Crippen LogP contribution in [-0.2, 0) is 0 Å². The molecule has 0 spiro atoms. The second-order valence-electron chi connectivity index (χ2n) is 4.21. The van der Waals surface area contributed by atoms with E-state index in [0.717, 1.165) is 16.5 Å². The molecular weight excluding hydrogens is 216 g/mol. The molecule has 1 aromatic carbocycles. The van der Waals surface area contributed by atoms with E-state index in [0.29, 0.717) is 5.69 Å². The summed E-state index contributed by atoms with van der Waals surface area (Å²) in [7, 11) is 0. The highest BCUT2D eigenvalue weighted by molar-refractivity contribution is 5.98. The molecular formula is C13H16N2O2. The van der Waals surface area contributed by atoms with Crippen LogP contribution in [0.15, 0.2) is 18.2 Å². The zero-order valence-corrected chi connectivity index (χ0v) is 10.0. The van der Waals surface area contributed by atoms with Gasteiger partial charge in [-0.2, -0.15) is 0 Å². The van der Waals surface area contributed by atoms with Gasteiger partial charge in [-0.1, -0.05) is 6.07 Å². The van der Waals surface area contributed by atoms with Crippen LogP contribution in [0.25, 0.3) is 10.9 Å². The van der Waals surface area contributed by atoms with Crippen molar-refractivity contribution in [1.29, 1.82) is 0 Å². The van der Waals surface area contributed by atoms with Crippen LogP contribution < -0.4 is 5.32 Å². The molecule has 1 aromatic heterocycles. The molecule has 0 saturated heterocycles. The Morgan fingerprint density at radius 3 is 2.82 bits per heavy atom. The van der Waals surface area contributed by atoms with E-state index in [1.165, 1.54) is 5.56 Å². The van der Waals surface area contributed by atoms with E-state index in [9.17, 15) is 4.79 Å². The van der Waals surface area contributed by atoms with Gasteiger partial charge >= 0.3 is 0 Å². The fourth-order valence-corrected chi connectivity index (χ4v) is 1.99. The van der Waals surface area contributed by atoms with Crippen LogP contribution >= 0.6 is 0 Å². The van der Waals surface area contributed by atoms with Crippen molar-refractivity contribution in [2.24, 2.45) is 0 Å². The van der Waals surface area contributed by atoms with Gasteiger partial charge in [-0.25, -0.2) is 0 Å². The molecule has 0 aliphatic heterocycles. The van der Waals surface area contributed by atoms with Crippen molar-refractivity contribution in [2.45, 2.75) is 13.8 Å². The Kier molecular flexibility index (Phi) is 3.15. The summed E-state index contributed by atoms with van der Waals surface area (Å²) in [4.78, 5) is 14.8. The Balaban J connectivity index is 2.37. The van der Waals surface area contributed by atoms with E-state index >= 15 is 0 Å². The van der Waals surface area contributed by atoms with Gasteiger partial charge in [0.1, 0.15) is 5.69 Å². The third-order valence-electron chi connectivity index (χ3n) is 2.73. The minimum Gasteiger partial charge on any atom is -0.395 e. The largest absolute Gasteiger partial charge is 0.395 e. The molecule has 0 unspecified atom stereocenters. The van der Waals surface area contributed by atoms with Crippen molar-refractivity contribution in [3.63, 3.8) is 0 Å². The fourth-order valence-electron chi connectivity index (χ4n) is 1.99. The van der Waals surface area contributed by atoms with E-state index < -0.39 is 0 Å². The van der Waals surface area contributed by atoms with Gasteiger partial charge < -0.3 is 15.4 Å². The molecule has 0 aliphatic rings. The lowest BCUT2D eigenvalue weighted by Crippen LogP contribution is -2.26. The smallest absolute Gasteiger partial charge is 0.267 e. The standard InChI is InChI=1S/C13H16N2O2/c1-8-5-9(2)10-7-12(15-11(10)6-8)13(17)14-3-4-16/h5-7,15-16H,3-4H2,1-2H3,(H,14,17). The third-order valence-corrected chi connectivity index (χ3v) is 2.73. The van der Waals surface area contributed by atoms with Gasteiger partial charge in [0.15, 0.2) is 0 Å². The monoisotopic (exact) mass is 232 g/mol. The molecule has 0 fully saturated rings. The number of benzene rings is 1. The number of aryl methyl sites for hydroxylation is 2. The number of carbonyl (C=O) groups is 1. The van der Waals surface area contributed by atoms with Crippen LogP contribution in [0.1, 0.15) is 21.6 Å². The number of carbonyl (C=O) groups excluding carboxylic acids is 1.